The van der Waals surface area contributed by atoms with Gasteiger partial charge in [-0.3, -0.25) is 9.36 Å². The van der Waals surface area contributed by atoms with Crippen molar-refractivity contribution in [1.82, 2.24) is 24.5 Å². The summed E-state index contributed by atoms with van der Waals surface area (Å²) in [4.78, 5) is 39.4. The number of hydrogen-bond acceptors (Lipinski definition) is 4. The Morgan fingerprint density at radius 2 is 2.00 bits per heavy atom. The van der Waals surface area contributed by atoms with Gasteiger partial charge in [0.15, 0.2) is 5.65 Å². The van der Waals surface area contributed by atoms with E-state index < -0.39 is 11.4 Å². The number of hydrogen-bond donors (Lipinski definition) is 3. The van der Waals surface area contributed by atoms with Gasteiger partial charge in [-0.2, -0.15) is 0 Å². The van der Waals surface area contributed by atoms with Gasteiger partial charge in [0.2, 0.25) is 0 Å². The SMILES string of the molecule is O=C(O)C12CC3CC(C1)C(n1c(=O)[nH]c4cnc5nc[nH]c5c41)C(C3)C2. The number of H-pyrrole nitrogens is 2. The zero-order valence-corrected chi connectivity index (χ0v) is 14.1. The summed E-state index contributed by atoms with van der Waals surface area (Å²) in [7, 11) is 0. The first kappa shape index (κ1) is 14.5. The Morgan fingerprint density at radius 1 is 1.23 bits per heavy atom. The van der Waals surface area contributed by atoms with Gasteiger partial charge in [-0.25, -0.2) is 14.8 Å². The van der Waals surface area contributed by atoms with Crippen LogP contribution < -0.4 is 5.69 Å². The molecule has 3 N–H and O–H groups in total. The second-order valence-electron chi connectivity index (χ2n) is 8.47. The van der Waals surface area contributed by atoms with Crippen molar-refractivity contribution in [2.45, 2.75) is 38.1 Å². The van der Waals surface area contributed by atoms with E-state index in [-0.39, 0.29) is 23.6 Å². The molecule has 0 saturated heterocycles. The molecule has 7 rings (SSSR count). The van der Waals surface area contributed by atoms with Gasteiger partial charge in [-0.1, -0.05) is 0 Å². The molecule has 8 heteroatoms. The third-order valence-corrected chi connectivity index (χ3v) is 7.10. The lowest BCUT2D eigenvalue weighted by Crippen LogP contribution is -2.55. The topological polar surface area (TPSA) is 117 Å². The summed E-state index contributed by atoms with van der Waals surface area (Å²) in [6, 6.07) is 0.0502. The molecule has 3 heterocycles. The molecule has 0 radical (unpaired) electrons. The number of aliphatic carboxylic acids is 1. The number of carboxylic acids is 1. The van der Waals surface area contributed by atoms with E-state index in [0.717, 1.165) is 30.3 Å². The number of pyridine rings is 1. The number of imidazole rings is 2. The van der Waals surface area contributed by atoms with E-state index in [2.05, 4.69) is 19.9 Å². The number of aromatic nitrogens is 5. The second-order valence-corrected chi connectivity index (χ2v) is 8.47. The van der Waals surface area contributed by atoms with Crippen molar-refractivity contribution in [2.24, 2.45) is 23.2 Å². The van der Waals surface area contributed by atoms with E-state index >= 15 is 0 Å². The molecule has 4 aliphatic rings. The van der Waals surface area contributed by atoms with E-state index in [9.17, 15) is 14.7 Å². The Labute approximate surface area is 147 Å². The third kappa shape index (κ3) is 1.65. The molecule has 2 atom stereocenters. The average molecular weight is 353 g/mol. The van der Waals surface area contributed by atoms with Gasteiger partial charge in [-0.05, 0) is 49.9 Å². The molecule has 4 saturated carbocycles. The van der Waals surface area contributed by atoms with Crippen molar-refractivity contribution in [2.75, 3.05) is 0 Å². The molecule has 134 valence electrons. The Bertz CT molecular complexity index is 1110. The van der Waals surface area contributed by atoms with E-state index in [1.165, 1.54) is 0 Å². The summed E-state index contributed by atoms with van der Waals surface area (Å²) in [5, 5.41) is 9.84. The lowest BCUT2D eigenvalue weighted by Gasteiger charge is -2.58. The molecule has 26 heavy (non-hydrogen) atoms. The predicted molar refractivity (Wildman–Crippen MR) is 92.7 cm³/mol. The maximum absolute atomic E-state index is 12.9. The minimum atomic E-state index is -0.651. The van der Waals surface area contributed by atoms with Gasteiger partial charge in [0, 0.05) is 6.04 Å². The zero-order chi connectivity index (χ0) is 17.6. The molecule has 0 aromatic carbocycles. The van der Waals surface area contributed by atoms with E-state index in [0.29, 0.717) is 29.9 Å². The Balaban J connectivity index is 1.57. The normalized spacial score (nSPS) is 35.5. The van der Waals surface area contributed by atoms with Crippen molar-refractivity contribution in [3.63, 3.8) is 0 Å². The first-order valence-corrected chi connectivity index (χ1v) is 9.21. The number of carboxylic acid groups (broad SMARTS) is 1. The molecule has 3 aromatic rings. The highest BCUT2D eigenvalue weighted by Gasteiger charge is 2.59. The molecule has 2 unspecified atom stereocenters. The summed E-state index contributed by atoms with van der Waals surface area (Å²) in [6.07, 6.45) is 7.45. The van der Waals surface area contributed by atoms with Crippen LogP contribution in [0, 0.1) is 23.2 Å². The second kappa shape index (κ2) is 4.55. The quantitative estimate of drug-likeness (QED) is 0.652. The van der Waals surface area contributed by atoms with Gasteiger partial charge in [0.05, 0.1) is 29.0 Å². The first-order chi connectivity index (χ1) is 12.6. The number of rotatable bonds is 2. The highest BCUT2D eigenvalue weighted by molar-refractivity contribution is 5.98. The van der Waals surface area contributed by atoms with Crippen LogP contribution in [0.3, 0.4) is 0 Å². The van der Waals surface area contributed by atoms with E-state index in [1.807, 2.05) is 4.57 Å². The summed E-state index contributed by atoms with van der Waals surface area (Å²) in [6.45, 7) is 0. The van der Waals surface area contributed by atoms with Crippen LogP contribution in [0.5, 0.6) is 0 Å². The maximum atomic E-state index is 12.9. The lowest BCUT2D eigenvalue weighted by molar-refractivity contribution is -0.169. The van der Waals surface area contributed by atoms with Crippen LogP contribution >= 0.6 is 0 Å². The van der Waals surface area contributed by atoms with Crippen LogP contribution in [0.4, 0.5) is 0 Å². The highest BCUT2D eigenvalue weighted by atomic mass is 16.4. The van der Waals surface area contributed by atoms with Crippen LogP contribution in [-0.4, -0.2) is 35.6 Å². The molecular formula is C18H19N5O3. The molecule has 4 fully saturated rings. The Hall–Kier alpha value is -2.64. The van der Waals surface area contributed by atoms with Crippen LogP contribution in [0.2, 0.25) is 0 Å². The fraction of sp³-hybridized carbons (Fsp3) is 0.556. The molecular weight excluding hydrogens is 334 g/mol. The van der Waals surface area contributed by atoms with Gasteiger partial charge in [-0.15, -0.1) is 0 Å². The van der Waals surface area contributed by atoms with E-state index in [1.54, 1.807) is 12.5 Å². The first-order valence-electron chi connectivity index (χ1n) is 9.21. The molecule has 0 aliphatic heterocycles. The van der Waals surface area contributed by atoms with Gasteiger partial charge in [0.1, 0.15) is 5.52 Å². The van der Waals surface area contributed by atoms with Crippen LogP contribution in [0.1, 0.15) is 38.1 Å². The Kier molecular flexibility index (Phi) is 2.54. The number of nitrogens with one attached hydrogen (secondary N) is 2. The molecule has 4 bridgehead atoms. The van der Waals surface area contributed by atoms with Crippen molar-refractivity contribution in [3.05, 3.63) is 23.0 Å². The van der Waals surface area contributed by atoms with Crippen molar-refractivity contribution in [1.29, 1.82) is 0 Å². The number of nitrogens with zero attached hydrogens (tertiary/aromatic N) is 3. The predicted octanol–water partition coefficient (Wildman–Crippen LogP) is 2.05. The average Bonchev–Trinajstić information content (AvgIpc) is 3.18. The number of aromatic amines is 2. The summed E-state index contributed by atoms with van der Waals surface area (Å²) in [5.74, 6) is 0.303. The lowest BCUT2D eigenvalue weighted by atomic mass is 9.48. The summed E-state index contributed by atoms with van der Waals surface area (Å²) >= 11 is 0. The fourth-order valence-corrected chi connectivity index (χ4v) is 6.46. The largest absolute Gasteiger partial charge is 0.481 e. The van der Waals surface area contributed by atoms with Crippen LogP contribution in [0.15, 0.2) is 17.3 Å². The minimum Gasteiger partial charge on any atom is -0.481 e. The zero-order valence-electron chi connectivity index (χ0n) is 14.1. The molecule has 0 amide bonds. The van der Waals surface area contributed by atoms with Crippen molar-refractivity contribution < 1.29 is 9.90 Å². The van der Waals surface area contributed by atoms with Gasteiger partial charge in [0.25, 0.3) is 0 Å². The summed E-state index contributed by atoms with van der Waals surface area (Å²) < 4.78 is 1.88. The molecule has 3 aromatic heterocycles. The van der Waals surface area contributed by atoms with Crippen LogP contribution in [-0.2, 0) is 4.79 Å². The molecule has 8 nitrogen and oxygen atoms in total. The fourth-order valence-electron chi connectivity index (χ4n) is 6.46. The molecule has 4 aliphatic carbocycles. The molecule has 0 spiro atoms. The van der Waals surface area contributed by atoms with Crippen LogP contribution in [0.25, 0.3) is 22.2 Å². The minimum absolute atomic E-state index is 0.0502. The number of fused-ring (bicyclic) bond motifs is 3. The monoisotopic (exact) mass is 353 g/mol. The third-order valence-electron chi connectivity index (χ3n) is 7.10. The van der Waals surface area contributed by atoms with Gasteiger partial charge >= 0.3 is 11.7 Å². The maximum Gasteiger partial charge on any atom is 0.326 e. The van der Waals surface area contributed by atoms with Crippen molar-refractivity contribution >= 4 is 28.2 Å². The number of carbonyl (C=O) groups is 1. The van der Waals surface area contributed by atoms with E-state index in [4.69, 9.17) is 0 Å². The van der Waals surface area contributed by atoms with Crippen molar-refractivity contribution in [3.8, 4) is 0 Å². The highest BCUT2D eigenvalue weighted by Crippen LogP contribution is 2.63. The Morgan fingerprint density at radius 3 is 2.73 bits per heavy atom. The summed E-state index contributed by atoms with van der Waals surface area (Å²) in [5.41, 5.74) is 2.17. The smallest absolute Gasteiger partial charge is 0.326 e. The standard InChI is InChI=1S/C18H19N5O3/c24-16(25)18-3-8-1-9(4-18)13(10(2-8)5-18)23-14-11(22-17(23)26)6-19-15-12(14)20-7-21-15/h6-10,13H,1-5H2,(H,22,26)(H,24,25)(H,19,20,21). The van der Waals surface area contributed by atoms with Gasteiger partial charge < -0.3 is 15.1 Å².